The van der Waals surface area contributed by atoms with E-state index in [2.05, 4.69) is 15.6 Å². The van der Waals surface area contributed by atoms with Crippen molar-refractivity contribution < 1.29 is 14.0 Å². The van der Waals surface area contributed by atoms with Crippen molar-refractivity contribution in [3.05, 3.63) is 41.8 Å². The first-order valence-electron chi connectivity index (χ1n) is 5.93. The summed E-state index contributed by atoms with van der Waals surface area (Å²) in [5, 5.41) is 7.57. The van der Waals surface area contributed by atoms with Gasteiger partial charge in [-0.25, -0.2) is 4.98 Å². The molecule has 0 saturated carbocycles. The van der Waals surface area contributed by atoms with Crippen molar-refractivity contribution in [2.45, 2.75) is 6.42 Å². The molecule has 0 spiro atoms. The molecule has 2 rings (SSSR count). The molecule has 2 aromatic heterocycles. The van der Waals surface area contributed by atoms with E-state index in [-0.39, 0.29) is 24.8 Å². The maximum absolute atomic E-state index is 11.5. The van der Waals surface area contributed by atoms with Crippen LogP contribution < -0.4 is 10.6 Å². The molecule has 0 fully saturated rings. The molecule has 0 aliphatic heterocycles. The number of rotatable bonds is 6. The average molecular weight is 291 g/mol. The molecular weight excluding hydrogens is 278 g/mol. The summed E-state index contributed by atoms with van der Waals surface area (Å²) in [6, 6.07) is 3.48. The monoisotopic (exact) mass is 291 g/mol. The Morgan fingerprint density at radius 3 is 3.05 bits per heavy atom. The van der Waals surface area contributed by atoms with Gasteiger partial charge < -0.3 is 15.1 Å². The van der Waals surface area contributed by atoms with Gasteiger partial charge in [-0.15, -0.1) is 11.3 Å². The second kappa shape index (κ2) is 7.25. The van der Waals surface area contributed by atoms with Gasteiger partial charge in [-0.3, -0.25) is 9.59 Å². The van der Waals surface area contributed by atoms with Crippen LogP contribution in [0, 0.1) is 0 Å². The number of anilines is 1. The summed E-state index contributed by atoms with van der Waals surface area (Å²) < 4.78 is 5.05. The lowest BCUT2D eigenvalue weighted by Crippen LogP contribution is -2.26. The van der Waals surface area contributed by atoms with E-state index < -0.39 is 0 Å². The fourth-order valence-corrected chi connectivity index (χ4v) is 1.91. The zero-order valence-electron chi connectivity index (χ0n) is 10.5. The molecule has 2 aromatic rings. The van der Waals surface area contributed by atoms with Gasteiger partial charge in [0, 0.05) is 30.6 Å². The molecule has 2 N–H and O–H groups in total. The zero-order chi connectivity index (χ0) is 14.2. The Hall–Kier alpha value is -2.41. The lowest BCUT2D eigenvalue weighted by Gasteiger charge is -2.02. The first-order valence-corrected chi connectivity index (χ1v) is 6.81. The first-order chi connectivity index (χ1) is 9.74. The quantitative estimate of drug-likeness (QED) is 0.796. The predicted molar refractivity (Wildman–Crippen MR) is 76.1 cm³/mol. The van der Waals surface area contributed by atoms with E-state index in [1.807, 2.05) is 0 Å². The highest BCUT2D eigenvalue weighted by Crippen LogP contribution is 2.10. The highest BCUT2D eigenvalue weighted by atomic mass is 32.1. The van der Waals surface area contributed by atoms with E-state index in [4.69, 9.17) is 4.42 Å². The van der Waals surface area contributed by atoms with Gasteiger partial charge in [-0.2, -0.15) is 0 Å². The van der Waals surface area contributed by atoms with Crippen molar-refractivity contribution in [3.8, 4) is 0 Å². The van der Waals surface area contributed by atoms with Crippen molar-refractivity contribution >= 4 is 34.4 Å². The molecule has 0 radical (unpaired) electrons. The first kappa shape index (κ1) is 14.0. The normalized spacial score (nSPS) is 10.6. The van der Waals surface area contributed by atoms with Crippen LogP contribution in [0.3, 0.4) is 0 Å². The lowest BCUT2D eigenvalue weighted by atomic mass is 10.3. The van der Waals surface area contributed by atoms with Gasteiger partial charge in [0.25, 0.3) is 0 Å². The van der Waals surface area contributed by atoms with Crippen molar-refractivity contribution in [2.24, 2.45) is 0 Å². The summed E-state index contributed by atoms with van der Waals surface area (Å²) in [6.45, 7) is 0.262. The van der Waals surface area contributed by atoms with E-state index in [0.29, 0.717) is 10.9 Å². The van der Waals surface area contributed by atoms with Gasteiger partial charge in [0.15, 0.2) is 5.13 Å². The summed E-state index contributed by atoms with van der Waals surface area (Å²) in [5.74, 6) is 0.139. The van der Waals surface area contributed by atoms with Crippen LogP contribution in [0.1, 0.15) is 12.2 Å². The van der Waals surface area contributed by atoms with Crippen LogP contribution in [0.2, 0.25) is 0 Å². The van der Waals surface area contributed by atoms with Crippen molar-refractivity contribution in [1.29, 1.82) is 0 Å². The second-order valence-corrected chi connectivity index (χ2v) is 4.67. The van der Waals surface area contributed by atoms with Crippen LogP contribution in [0.25, 0.3) is 6.08 Å². The molecule has 0 atom stereocenters. The van der Waals surface area contributed by atoms with Gasteiger partial charge in [0.2, 0.25) is 11.8 Å². The smallest absolute Gasteiger partial charge is 0.244 e. The number of aromatic nitrogens is 1. The van der Waals surface area contributed by atoms with E-state index in [9.17, 15) is 9.59 Å². The highest BCUT2D eigenvalue weighted by Gasteiger charge is 2.04. The molecule has 2 heterocycles. The van der Waals surface area contributed by atoms with Crippen LogP contribution in [0.4, 0.5) is 5.13 Å². The van der Waals surface area contributed by atoms with E-state index in [1.165, 1.54) is 23.7 Å². The van der Waals surface area contributed by atoms with Crippen LogP contribution in [-0.4, -0.2) is 23.3 Å². The molecule has 2 amide bonds. The Kier molecular flexibility index (Phi) is 5.08. The molecule has 0 aliphatic carbocycles. The second-order valence-electron chi connectivity index (χ2n) is 3.78. The molecule has 7 heteroatoms. The molecule has 0 bridgehead atoms. The third-order valence-electron chi connectivity index (χ3n) is 2.27. The fourth-order valence-electron chi connectivity index (χ4n) is 1.37. The van der Waals surface area contributed by atoms with Crippen LogP contribution in [0.15, 0.2) is 40.5 Å². The summed E-state index contributed by atoms with van der Waals surface area (Å²) in [5.41, 5.74) is 0. The topological polar surface area (TPSA) is 84.2 Å². The zero-order valence-corrected chi connectivity index (χ0v) is 11.4. The SMILES string of the molecule is O=C(C=Cc1ccco1)NCCC(=O)Nc1nccs1. The average Bonchev–Trinajstić information content (AvgIpc) is 3.09. The summed E-state index contributed by atoms with van der Waals surface area (Å²) in [6.07, 6.45) is 6.25. The Bertz CT molecular complexity index is 576. The number of nitrogens with one attached hydrogen (secondary N) is 2. The molecule has 104 valence electrons. The van der Waals surface area contributed by atoms with Crippen LogP contribution >= 0.6 is 11.3 Å². The molecular formula is C13H13N3O3S. The minimum absolute atomic E-state index is 0.185. The van der Waals surface area contributed by atoms with Gasteiger partial charge in [0.1, 0.15) is 5.76 Å². The van der Waals surface area contributed by atoms with Gasteiger partial charge in [-0.05, 0) is 18.2 Å². The number of hydrogen-bond acceptors (Lipinski definition) is 5. The minimum atomic E-state index is -0.275. The summed E-state index contributed by atoms with van der Waals surface area (Å²) in [4.78, 5) is 26.9. The van der Waals surface area contributed by atoms with Gasteiger partial charge >= 0.3 is 0 Å². The third-order valence-corrected chi connectivity index (χ3v) is 2.96. The fraction of sp³-hybridized carbons (Fsp3) is 0.154. The number of amides is 2. The van der Waals surface area contributed by atoms with E-state index in [0.717, 1.165) is 0 Å². The maximum Gasteiger partial charge on any atom is 0.244 e. The van der Waals surface area contributed by atoms with Crippen LogP contribution in [-0.2, 0) is 9.59 Å². The molecule has 0 unspecified atom stereocenters. The molecule has 0 saturated heterocycles. The Morgan fingerprint density at radius 2 is 2.35 bits per heavy atom. The predicted octanol–water partition coefficient (Wildman–Crippen LogP) is 1.89. The number of carbonyl (C=O) groups excluding carboxylic acids is 2. The van der Waals surface area contributed by atoms with Gasteiger partial charge in [0.05, 0.1) is 6.26 Å². The standard InChI is InChI=1S/C13H13N3O3S/c17-11(4-3-10-2-1-8-19-10)14-6-5-12(18)16-13-15-7-9-20-13/h1-4,7-9H,5-6H2,(H,14,17)(H,15,16,18). The number of hydrogen-bond donors (Lipinski definition) is 2. The number of furan rings is 1. The Morgan fingerprint density at radius 1 is 1.45 bits per heavy atom. The Balaban J connectivity index is 1.65. The summed E-state index contributed by atoms with van der Waals surface area (Å²) in [7, 11) is 0. The lowest BCUT2D eigenvalue weighted by molar-refractivity contribution is -0.117. The minimum Gasteiger partial charge on any atom is -0.465 e. The molecule has 6 nitrogen and oxygen atoms in total. The maximum atomic E-state index is 11.5. The molecule has 0 aliphatic rings. The Labute approximate surface area is 119 Å². The highest BCUT2D eigenvalue weighted by molar-refractivity contribution is 7.13. The summed E-state index contributed by atoms with van der Waals surface area (Å²) >= 11 is 1.35. The van der Waals surface area contributed by atoms with E-state index in [1.54, 1.807) is 29.8 Å². The van der Waals surface area contributed by atoms with Crippen molar-refractivity contribution in [1.82, 2.24) is 10.3 Å². The van der Waals surface area contributed by atoms with Gasteiger partial charge in [-0.1, -0.05) is 0 Å². The molecule has 20 heavy (non-hydrogen) atoms. The van der Waals surface area contributed by atoms with E-state index >= 15 is 0 Å². The largest absolute Gasteiger partial charge is 0.465 e. The van der Waals surface area contributed by atoms with Crippen molar-refractivity contribution in [2.75, 3.05) is 11.9 Å². The van der Waals surface area contributed by atoms with Crippen LogP contribution in [0.5, 0.6) is 0 Å². The van der Waals surface area contributed by atoms with Crippen molar-refractivity contribution in [3.63, 3.8) is 0 Å². The number of thiazole rings is 1. The number of nitrogens with zero attached hydrogens (tertiary/aromatic N) is 1. The third kappa shape index (κ3) is 4.69. The molecule has 0 aromatic carbocycles. The number of carbonyl (C=O) groups is 2.